The molecule has 10 nitrogen and oxygen atoms in total. The molecule has 3 aromatic heterocycles. The van der Waals surface area contributed by atoms with Gasteiger partial charge in [0.05, 0.1) is 17.6 Å². The summed E-state index contributed by atoms with van der Waals surface area (Å²) in [4.78, 5) is 35.0. The lowest BCUT2D eigenvalue weighted by atomic mass is 10.1. The number of nitrogens with zero attached hydrogens (tertiary/aromatic N) is 6. The first-order chi connectivity index (χ1) is 18.5. The average Bonchev–Trinajstić information content (AvgIpc) is 2.93. The van der Waals surface area contributed by atoms with E-state index in [1.54, 1.807) is 24.7 Å². The maximum absolute atomic E-state index is 12.3. The molecule has 4 heterocycles. The third kappa shape index (κ3) is 6.28. The SMILES string of the molecule is CN(C)C/C=C/C(=O)Nc1cccc(-c2nccc3cnc(Nc4ccc(N5CCNCC5)nc4)nc23)c1. The van der Waals surface area contributed by atoms with Crippen molar-refractivity contribution in [1.29, 1.82) is 0 Å². The molecule has 10 heteroatoms. The Labute approximate surface area is 221 Å². The lowest BCUT2D eigenvalue weighted by molar-refractivity contribution is -0.111. The summed E-state index contributed by atoms with van der Waals surface area (Å²) in [5, 5.41) is 10.4. The summed E-state index contributed by atoms with van der Waals surface area (Å²) in [6, 6.07) is 13.5. The molecule has 4 aromatic rings. The van der Waals surface area contributed by atoms with Crippen molar-refractivity contribution in [1.82, 2.24) is 30.2 Å². The highest BCUT2D eigenvalue weighted by Gasteiger charge is 2.13. The van der Waals surface area contributed by atoms with Gasteiger partial charge in [0.2, 0.25) is 11.9 Å². The first-order valence-corrected chi connectivity index (χ1v) is 12.6. The summed E-state index contributed by atoms with van der Waals surface area (Å²) < 4.78 is 0. The van der Waals surface area contributed by atoms with Gasteiger partial charge in [0, 0.05) is 67.8 Å². The smallest absolute Gasteiger partial charge is 0.248 e. The number of benzene rings is 1. The largest absolute Gasteiger partial charge is 0.354 e. The molecule has 194 valence electrons. The van der Waals surface area contributed by atoms with Gasteiger partial charge in [0.1, 0.15) is 11.3 Å². The summed E-state index contributed by atoms with van der Waals surface area (Å²) in [6.07, 6.45) is 8.68. The number of likely N-dealkylation sites (N-methyl/N-ethyl adjacent to an activating group) is 1. The molecule has 0 radical (unpaired) electrons. The number of pyridine rings is 2. The summed E-state index contributed by atoms with van der Waals surface area (Å²) in [5.41, 5.74) is 3.76. The molecule has 0 aliphatic carbocycles. The van der Waals surface area contributed by atoms with E-state index >= 15 is 0 Å². The number of carbonyl (C=O) groups is 1. The average molecular weight is 510 g/mol. The molecule has 0 saturated carbocycles. The van der Waals surface area contributed by atoms with Gasteiger partial charge < -0.3 is 25.8 Å². The van der Waals surface area contributed by atoms with Crippen LogP contribution in [0.2, 0.25) is 0 Å². The molecule has 5 rings (SSSR count). The van der Waals surface area contributed by atoms with E-state index in [2.05, 4.69) is 35.8 Å². The van der Waals surface area contributed by atoms with E-state index in [0.717, 1.165) is 48.6 Å². The number of piperazine rings is 1. The molecule has 1 amide bonds. The Hall–Kier alpha value is -4.41. The minimum atomic E-state index is -0.180. The Morgan fingerprint density at radius 1 is 1.05 bits per heavy atom. The minimum Gasteiger partial charge on any atom is -0.354 e. The highest BCUT2D eigenvalue weighted by atomic mass is 16.1. The van der Waals surface area contributed by atoms with Crippen LogP contribution in [0, 0.1) is 0 Å². The number of hydrogen-bond donors (Lipinski definition) is 3. The van der Waals surface area contributed by atoms with Gasteiger partial charge in [-0.3, -0.25) is 9.78 Å². The summed E-state index contributed by atoms with van der Waals surface area (Å²) >= 11 is 0. The van der Waals surface area contributed by atoms with Crippen LogP contribution in [0.3, 0.4) is 0 Å². The van der Waals surface area contributed by atoms with Crippen molar-refractivity contribution < 1.29 is 4.79 Å². The molecule has 1 saturated heterocycles. The summed E-state index contributed by atoms with van der Waals surface area (Å²) in [5.74, 6) is 1.24. The van der Waals surface area contributed by atoms with Crippen molar-refractivity contribution >= 4 is 40.0 Å². The number of hydrogen-bond acceptors (Lipinski definition) is 9. The maximum Gasteiger partial charge on any atom is 0.248 e. The van der Waals surface area contributed by atoms with Gasteiger partial charge in [0.25, 0.3) is 0 Å². The zero-order valence-electron chi connectivity index (χ0n) is 21.6. The zero-order chi connectivity index (χ0) is 26.3. The van der Waals surface area contributed by atoms with Crippen molar-refractivity contribution in [2.45, 2.75) is 0 Å². The lowest BCUT2D eigenvalue weighted by Gasteiger charge is -2.28. The van der Waals surface area contributed by atoms with E-state index in [-0.39, 0.29) is 5.91 Å². The van der Waals surface area contributed by atoms with E-state index in [9.17, 15) is 4.79 Å². The monoisotopic (exact) mass is 509 g/mol. The number of nitrogens with one attached hydrogen (secondary N) is 3. The number of aromatic nitrogens is 4. The Morgan fingerprint density at radius 3 is 2.71 bits per heavy atom. The number of carbonyl (C=O) groups excluding carboxylic acids is 1. The van der Waals surface area contributed by atoms with Crippen molar-refractivity contribution in [3.8, 4) is 11.3 Å². The van der Waals surface area contributed by atoms with Crippen LogP contribution in [-0.4, -0.2) is 77.6 Å². The highest BCUT2D eigenvalue weighted by Crippen LogP contribution is 2.28. The molecule has 1 aromatic carbocycles. The Bertz CT molecular complexity index is 1430. The number of amides is 1. The topological polar surface area (TPSA) is 111 Å². The standard InChI is InChI=1S/C28H31N9O/c1-36(2)14-4-7-25(38)33-22-6-3-5-20(17-22)26-27-21(10-11-30-26)18-32-28(35-27)34-23-8-9-24(31-19-23)37-15-12-29-13-16-37/h3-11,17-19,29H,12-16H2,1-2H3,(H,33,38)(H,32,34,35)/b7-4+. The summed E-state index contributed by atoms with van der Waals surface area (Å²) in [6.45, 7) is 4.51. The van der Waals surface area contributed by atoms with E-state index in [1.165, 1.54) is 0 Å². The number of rotatable bonds is 8. The third-order valence-electron chi connectivity index (χ3n) is 6.09. The predicted octanol–water partition coefficient (Wildman–Crippen LogP) is 3.30. The summed E-state index contributed by atoms with van der Waals surface area (Å²) in [7, 11) is 3.91. The highest BCUT2D eigenvalue weighted by molar-refractivity contribution is 6.00. The van der Waals surface area contributed by atoms with Gasteiger partial charge in [-0.05, 0) is 44.4 Å². The van der Waals surface area contributed by atoms with E-state index in [4.69, 9.17) is 4.98 Å². The first kappa shape index (κ1) is 25.2. The normalized spacial score (nSPS) is 13.8. The van der Waals surface area contributed by atoms with Crippen LogP contribution >= 0.6 is 0 Å². The Morgan fingerprint density at radius 2 is 1.92 bits per heavy atom. The van der Waals surface area contributed by atoms with Crippen LogP contribution in [0.1, 0.15) is 0 Å². The van der Waals surface area contributed by atoms with Crippen LogP contribution < -0.4 is 20.9 Å². The van der Waals surface area contributed by atoms with Crippen molar-refractivity contribution in [2.75, 3.05) is 62.4 Å². The maximum atomic E-state index is 12.3. The van der Waals surface area contributed by atoms with Gasteiger partial charge >= 0.3 is 0 Å². The van der Waals surface area contributed by atoms with Gasteiger partial charge in [-0.1, -0.05) is 18.2 Å². The fraction of sp³-hybridized carbons (Fsp3) is 0.250. The molecular formula is C28H31N9O. The Kier molecular flexibility index (Phi) is 7.81. The Balaban J connectivity index is 1.35. The second kappa shape index (κ2) is 11.8. The minimum absolute atomic E-state index is 0.180. The molecule has 3 N–H and O–H groups in total. The van der Waals surface area contributed by atoms with Gasteiger partial charge in [0.15, 0.2) is 0 Å². The van der Waals surface area contributed by atoms with Crippen LogP contribution in [0.4, 0.5) is 23.1 Å². The second-order valence-corrected chi connectivity index (χ2v) is 9.29. The van der Waals surface area contributed by atoms with Crippen LogP contribution in [-0.2, 0) is 4.79 Å². The molecule has 38 heavy (non-hydrogen) atoms. The van der Waals surface area contributed by atoms with Gasteiger partial charge in [-0.2, -0.15) is 0 Å². The third-order valence-corrected chi connectivity index (χ3v) is 6.09. The van der Waals surface area contributed by atoms with Gasteiger partial charge in [-0.25, -0.2) is 15.0 Å². The molecule has 1 fully saturated rings. The molecule has 0 bridgehead atoms. The molecule has 0 atom stereocenters. The fourth-order valence-electron chi connectivity index (χ4n) is 4.20. The quantitative estimate of drug-likeness (QED) is 0.308. The van der Waals surface area contributed by atoms with E-state index < -0.39 is 0 Å². The molecule has 0 unspecified atom stereocenters. The molecule has 1 aliphatic heterocycles. The lowest BCUT2D eigenvalue weighted by Crippen LogP contribution is -2.43. The van der Waals surface area contributed by atoms with Crippen LogP contribution in [0.15, 0.2) is 73.2 Å². The second-order valence-electron chi connectivity index (χ2n) is 9.29. The van der Waals surface area contributed by atoms with Crippen molar-refractivity contribution in [2.24, 2.45) is 0 Å². The zero-order valence-corrected chi connectivity index (χ0v) is 21.6. The first-order valence-electron chi connectivity index (χ1n) is 12.6. The van der Waals surface area contributed by atoms with Crippen molar-refractivity contribution in [3.63, 3.8) is 0 Å². The molecular weight excluding hydrogens is 478 g/mol. The number of fused-ring (bicyclic) bond motifs is 1. The fourth-order valence-corrected chi connectivity index (χ4v) is 4.20. The van der Waals surface area contributed by atoms with E-state index in [1.807, 2.05) is 67.5 Å². The van der Waals surface area contributed by atoms with Crippen molar-refractivity contribution in [3.05, 3.63) is 73.2 Å². The molecule has 1 aliphatic rings. The predicted molar refractivity (Wildman–Crippen MR) is 152 cm³/mol. The van der Waals surface area contributed by atoms with Gasteiger partial charge in [-0.15, -0.1) is 0 Å². The van der Waals surface area contributed by atoms with Crippen LogP contribution in [0.25, 0.3) is 22.2 Å². The van der Waals surface area contributed by atoms with Crippen LogP contribution in [0.5, 0.6) is 0 Å². The number of anilines is 4. The molecule has 0 spiro atoms. The van der Waals surface area contributed by atoms with E-state index in [0.29, 0.717) is 29.4 Å².